The number of halogens is 3. The number of aliphatic hydroxyl groups excluding tert-OH is 1. The fourth-order valence-corrected chi connectivity index (χ4v) is 1.93. The Bertz CT molecular complexity index is 486. The summed E-state index contributed by atoms with van der Waals surface area (Å²) in [4.78, 5) is 13.5. The van der Waals surface area contributed by atoms with Gasteiger partial charge < -0.3 is 15.4 Å². The van der Waals surface area contributed by atoms with Crippen LogP contribution in [0.5, 0.6) is 0 Å². The van der Waals surface area contributed by atoms with Crippen molar-refractivity contribution in [1.82, 2.24) is 4.90 Å². The summed E-state index contributed by atoms with van der Waals surface area (Å²) in [6.45, 7) is 2.02. The summed E-state index contributed by atoms with van der Waals surface area (Å²) in [7, 11) is 0. The van der Waals surface area contributed by atoms with Crippen molar-refractivity contribution in [3.63, 3.8) is 0 Å². The van der Waals surface area contributed by atoms with E-state index < -0.39 is 17.6 Å². The molecule has 1 rings (SSSR count). The molecule has 1 amide bonds. The lowest BCUT2D eigenvalue weighted by Gasteiger charge is -2.22. The van der Waals surface area contributed by atoms with Crippen LogP contribution in [0.4, 0.5) is 18.9 Å². The van der Waals surface area contributed by atoms with E-state index in [0.717, 1.165) is 12.1 Å². The van der Waals surface area contributed by atoms with Crippen molar-refractivity contribution in [2.24, 2.45) is 5.84 Å². The Morgan fingerprint density at radius 3 is 2.52 bits per heavy atom. The summed E-state index contributed by atoms with van der Waals surface area (Å²) >= 11 is 0. The number of benzene rings is 1. The first kappa shape index (κ1) is 17.3. The number of hydrogen-bond donors (Lipinski definition) is 3. The first-order chi connectivity index (χ1) is 9.85. The Hall–Kier alpha value is -1.80. The first-order valence-electron chi connectivity index (χ1n) is 6.43. The van der Waals surface area contributed by atoms with E-state index in [4.69, 9.17) is 10.9 Å². The zero-order chi connectivity index (χ0) is 16.0. The standard InChI is InChI=1S/C13H18F3N3O2/c1-2-5-19(6-7-20)12(21)9-3-4-11(18-17)10(8-9)13(14,15)16/h3-4,8,18,20H,2,5-7,17H2,1H3. The number of aliphatic hydroxyl groups is 1. The SMILES string of the molecule is CCCN(CCO)C(=O)c1ccc(NN)c(C(F)(F)F)c1. The van der Waals surface area contributed by atoms with Gasteiger partial charge in [-0.25, -0.2) is 0 Å². The molecule has 0 unspecified atom stereocenters. The minimum atomic E-state index is -4.62. The zero-order valence-corrected chi connectivity index (χ0v) is 11.6. The second-order valence-corrected chi connectivity index (χ2v) is 4.42. The van der Waals surface area contributed by atoms with Crippen LogP contribution in [0.25, 0.3) is 0 Å². The number of hydrogen-bond acceptors (Lipinski definition) is 4. The van der Waals surface area contributed by atoms with E-state index in [2.05, 4.69) is 0 Å². The van der Waals surface area contributed by atoms with Crippen molar-refractivity contribution in [3.05, 3.63) is 29.3 Å². The highest BCUT2D eigenvalue weighted by atomic mass is 19.4. The number of nitrogens with two attached hydrogens (primary N) is 1. The highest BCUT2D eigenvalue weighted by Gasteiger charge is 2.34. The van der Waals surface area contributed by atoms with E-state index in [9.17, 15) is 18.0 Å². The van der Waals surface area contributed by atoms with E-state index in [0.29, 0.717) is 13.0 Å². The maximum Gasteiger partial charge on any atom is 0.418 e. The van der Waals surface area contributed by atoms with Crippen molar-refractivity contribution >= 4 is 11.6 Å². The van der Waals surface area contributed by atoms with Crippen LogP contribution in [-0.4, -0.2) is 35.6 Å². The van der Waals surface area contributed by atoms with Crippen molar-refractivity contribution in [2.75, 3.05) is 25.1 Å². The summed E-state index contributed by atoms with van der Waals surface area (Å²) in [5.74, 6) is 4.49. The van der Waals surface area contributed by atoms with Crippen molar-refractivity contribution in [1.29, 1.82) is 0 Å². The number of carbonyl (C=O) groups excluding carboxylic acids is 1. The molecule has 0 aliphatic rings. The number of nitrogen functional groups attached to an aromatic ring is 1. The minimum absolute atomic E-state index is 0.0743. The number of carbonyl (C=O) groups is 1. The third-order valence-electron chi connectivity index (χ3n) is 2.88. The monoisotopic (exact) mass is 305 g/mol. The normalized spacial score (nSPS) is 11.3. The summed E-state index contributed by atoms with van der Waals surface area (Å²) in [5.41, 5.74) is 0.563. The van der Waals surface area contributed by atoms with E-state index in [1.165, 1.54) is 11.0 Å². The molecule has 21 heavy (non-hydrogen) atoms. The van der Waals surface area contributed by atoms with Crippen LogP contribution in [0.3, 0.4) is 0 Å². The number of nitrogens with zero attached hydrogens (tertiary/aromatic N) is 1. The molecule has 4 N–H and O–H groups in total. The molecule has 0 bridgehead atoms. The Labute approximate surface area is 120 Å². The molecule has 0 atom stereocenters. The number of amides is 1. The average Bonchev–Trinajstić information content (AvgIpc) is 2.44. The second-order valence-electron chi connectivity index (χ2n) is 4.42. The summed E-state index contributed by atoms with van der Waals surface area (Å²) in [6, 6.07) is 3.14. The lowest BCUT2D eigenvalue weighted by atomic mass is 10.1. The smallest absolute Gasteiger partial charge is 0.395 e. The molecule has 1 aromatic rings. The van der Waals surface area contributed by atoms with Gasteiger partial charge in [-0.2, -0.15) is 13.2 Å². The molecular formula is C13H18F3N3O2. The Balaban J connectivity index is 3.15. The molecule has 0 aromatic heterocycles. The summed E-state index contributed by atoms with van der Waals surface area (Å²) < 4.78 is 38.7. The van der Waals surface area contributed by atoms with Crippen LogP contribution in [0.2, 0.25) is 0 Å². The minimum Gasteiger partial charge on any atom is -0.395 e. The van der Waals surface area contributed by atoms with Crippen molar-refractivity contribution in [3.8, 4) is 0 Å². The third kappa shape index (κ3) is 4.33. The van der Waals surface area contributed by atoms with E-state index in [1.54, 1.807) is 0 Å². The lowest BCUT2D eigenvalue weighted by molar-refractivity contribution is -0.137. The van der Waals surface area contributed by atoms with Crippen LogP contribution in [-0.2, 0) is 6.18 Å². The fourth-order valence-electron chi connectivity index (χ4n) is 1.93. The number of rotatable bonds is 6. The predicted octanol–water partition coefficient (Wildman–Crippen LogP) is 1.84. The zero-order valence-electron chi connectivity index (χ0n) is 11.6. The molecular weight excluding hydrogens is 287 g/mol. The first-order valence-corrected chi connectivity index (χ1v) is 6.43. The topological polar surface area (TPSA) is 78.6 Å². The van der Waals surface area contributed by atoms with Gasteiger partial charge in [0.05, 0.1) is 17.9 Å². The largest absolute Gasteiger partial charge is 0.418 e. The number of nitrogens with one attached hydrogen (secondary N) is 1. The van der Waals surface area contributed by atoms with E-state index in [-0.39, 0.29) is 24.4 Å². The number of alkyl halides is 3. The van der Waals surface area contributed by atoms with Gasteiger partial charge in [-0.15, -0.1) is 0 Å². The third-order valence-corrected chi connectivity index (χ3v) is 2.88. The number of anilines is 1. The summed E-state index contributed by atoms with van der Waals surface area (Å²) in [6.07, 6.45) is -3.98. The quantitative estimate of drug-likeness (QED) is 0.553. The number of hydrazine groups is 1. The van der Waals surface area contributed by atoms with Gasteiger partial charge in [0, 0.05) is 18.7 Å². The van der Waals surface area contributed by atoms with Gasteiger partial charge in [-0.3, -0.25) is 10.6 Å². The maximum absolute atomic E-state index is 12.9. The lowest BCUT2D eigenvalue weighted by Crippen LogP contribution is -2.34. The van der Waals surface area contributed by atoms with Gasteiger partial charge in [0.25, 0.3) is 5.91 Å². The summed E-state index contributed by atoms with van der Waals surface area (Å²) in [5, 5.41) is 8.92. The van der Waals surface area contributed by atoms with E-state index in [1.807, 2.05) is 12.3 Å². The predicted molar refractivity (Wildman–Crippen MR) is 72.5 cm³/mol. The van der Waals surface area contributed by atoms with Crippen LogP contribution in [0.15, 0.2) is 18.2 Å². The molecule has 8 heteroatoms. The van der Waals surface area contributed by atoms with Crippen molar-refractivity contribution in [2.45, 2.75) is 19.5 Å². The van der Waals surface area contributed by atoms with Crippen LogP contribution < -0.4 is 11.3 Å². The molecule has 0 heterocycles. The van der Waals surface area contributed by atoms with Gasteiger partial charge in [-0.05, 0) is 24.6 Å². The second kappa shape index (κ2) is 7.28. The van der Waals surface area contributed by atoms with Crippen LogP contribution in [0.1, 0.15) is 29.3 Å². The molecule has 1 aromatic carbocycles. The van der Waals surface area contributed by atoms with Gasteiger partial charge in [0.2, 0.25) is 0 Å². The van der Waals surface area contributed by atoms with Crippen LogP contribution >= 0.6 is 0 Å². The van der Waals surface area contributed by atoms with Crippen molar-refractivity contribution < 1.29 is 23.1 Å². The Morgan fingerprint density at radius 1 is 1.38 bits per heavy atom. The van der Waals surface area contributed by atoms with Gasteiger partial charge in [0.1, 0.15) is 0 Å². The molecule has 5 nitrogen and oxygen atoms in total. The molecule has 0 saturated heterocycles. The molecule has 0 aliphatic heterocycles. The molecule has 0 spiro atoms. The molecule has 118 valence electrons. The molecule has 0 saturated carbocycles. The van der Waals surface area contributed by atoms with Gasteiger partial charge in [-0.1, -0.05) is 6.92 Å². The molecule has 0 radical (unpaired) electrons. The highest BCUT2D eigenvalue weighted by molar-refractivity contribution is 5.95. The highest BCUT2D eigenvalue weighted by Crippen LogP contribution is 2.35. The van der Waals surface area contributed by atoms with E-state index >= 15 is 0 Å². The Kier molecular flexibility index (Phi) is 5.98. The van der Waals surface area contributed by atoms with Crippen LogP contribution in [0, 0.1) is 0 Å². The fraction of sp³-hybridized carbons (Fsp3) is 0.462. The average molecular weight is 305 g/mol. The van der Waals surface area contributed by atoms with Gasteiger partial charge >= 0.3 is 6.18 Å². The Morgan fingerprint density at radius 2 is 2.05 bits per heavy atom. The molecule has 0 fully saturated rings. The van der Waals surface area contributed by atoms with Gasteiger partial charge in [0.15, 0.2) is 0 Å². The molecule has 0 aliphatic carbocycles. The maximum atomic E-state index is 12.9.